The number of amides is 1. The van der Waals surface area contributed by atoms with E-state index in [0.29, 0.717) is 6.54 Å². The third-order valence-corrected chi connectivity index (χ3v) is 4.10. The van der Waals surface area contributed by atoms with E-state index in [-0.39, 0.29) is 43.7 Å². The lowest BCUT2D eigenvalue weighted by Gasteiger charge is -2.34. The minimum atomic E-state index is -4.11. The first-order valence-corrected chi connectivity index (χ1v) is 6.46. The first-order valence-electron chi connectivity index (χ1n) is 6.46. The normalized spacial score (nSPS) is 30.8. The van der Waals surface area contributed by atoms with Gasteiger partial charge in [0.25, 0.3) is 0 Å². The zero-order valence-corrected chi connectivity index (χ0v) is 10.5. The number of hydrogen-bond acceptors (Lipinski definition) is 2. The quantitative estimate of drug-likeness (QED) is 0.781. The maximum atomic E-state index is 12.5. The molecule has 2 atom stereocenters. The van der Waals surface area contributed by atoms with Crippen LogP contribution in [0.15, 0.2) is 0 Å². The smallest absolute Gasteiger partial charge is 0.342 e. The molecule has 1 amide bonds. The van der Waals surface area contributed by atoms with Crippen LogP contribution in [0, 0.1) is 17.8 Å². The molecule has 2 heterocycles. The molecule has 0 spiro atoms. The highest BCUT2D eigenvalue weighted by molar-refractivity contribution is 5.79. The number of piperidine rings is 1. The van der Waals surface area contributed by atoms with E-state index in [1.807, 2.05) is 6.92 Å². The van der Waals surface area contributed by atoms with E-state index >= 15 is 0 Å². The van der Waals surface area contributed by atoms with Crippen molar-refractivity contribution in [3.63, 3.8) is 0 Å². The highest BCUT2D eigenvalue weighted by atomic mass is 19.4. The molecule has 0 aliphatic carbocycles. The Kier molecular flexibility index (Phi) is 3.84. The Bertz CT molecular complexity index is 311. The minimum Gasteiger partial charge on any atom is -0.342 e. The molecule has 1 N–H and O–H groups in total. The molecule has 0 aromatic rings. The zero-order valence-electron chi connectivity index (χ0n) is 10.5. The highest BCUT2D eigenvalue weighted by Crippen LogP contribution is 2.34. The third-order valence-electron chi connectivity index (χ3n) is 4.10. The monoisotopic (exact) mass is 264 g/mol. The van der Waals surface area contributed by atoms with Crippen molar-refractivity contribution < 1.29 is 18.0 Å². The summed E-state index contributed by atoms with van der Waals surface area (Å²) in [5.41, 5.74) is 0. The second kappa shape index (κ2) is 5.07. The molecule has 0 aromatic heterocycles. The van der Waals surface area contributed by atoms with E-state index in [1.54, 1.807) is 4.90 Å². The van der Waals surface area contributed by atoms with Gasteiger partial charge in [0.05, 0.1) is 11.8 Å². The van der Waals surface area contributed by atoms with Crippen molar-refractivity contribution in [2.24, 2.45) is 17.8 Å². The molecule has 0 radical (unpaired) electrons. The van der Waals surface area contributed by atoms with Gasteiger partial charge in [-0.1, -0.05) is 6.92 Å². The molecule has 2 fully saturated rings. The summed E-state index contributed by atoms with van der Waals surface area (Å²) in [5.74, 6) is -1.00. The number of carbonyl (C=O) groups is 1. The number of hydrogen-bond donors (Lipinski definition) is 1. The Morgan fingerprint density at radius 1 is 1.22 bits per heavy atom. The van der Waals surface area contributed by atoms with E-state index in [4.69, 9.17) is 0 Å². The van der Waals surface area contributed by atoms with Crippen LogP contribution in [-0.4, -0.2) is 43.2 Å². The maximum absolute atomic E-state index is 12.5. The molecule has 0 aromatic carbocycles. The molecule has 18 heavy (non-hydrogen) atoms. The van der Waals surface area contributed by atoms with Gasteiger partial charge in [0.15, 0.2) is 0 Å². The summed E-state index contributed by atoms with van der Waals surface area (Å²) in [6, 6.07) is 0. The summed E-state index contributed by atoms with van der Waals surface area (Å²) in [4.78, 5) is 13.8. The fourth-order valence-corrected chi connectivity index (χ4v) is 2.80. The van der Waals surface area contributed by atoms with Crippen LogP contribution in [-0.2, 0) is 4.79 Å². The van der Waals surface area contributed by atoms with Crippen LogP contribution < -0.4 is 5.32 Å². The molecule has 2 aliphatic rings. The van der Waals surface area contributed by atoms with Gasteiger partial charge in [0.1, 0.15) is 0 Å². The van der Waals surface area contributed by atoms with E-state index < -0.39 is 12.1 Å². The number of likely N-dealkylation sites (tertiary alicyclic amines) is 1. The van der Waals surface area contributed by atoms with E-state index in [0.717, 1.165) is 6.54 Å². The lowest BCUT2D eigenvalue weighted by molar-refractivity contribution is -0.187. The average Bonchev–Trinajstić information content (AvgIpc) is 2.73. The molecule has 0 bridgehead atoms. The molecular weight excluding hydrogens is 245 g/mol. The Balaban J connectivity index is 1.88. The summed E-state index contributed by atoms with van der Waals surface area (Å²) < 4.78 is 37.6. The van der Waals surface area contributed by atoms with Crippen molar-refractivity contribution in [1.29, 1.82) is 0 Å². The first-order chi connectivity index (χ1) is 8.39. The molecule has 0 saturated carbocycles. The predicted molar refractivity (Wildman–Crippen MR) is 60.9 cm³/mol. The Morgan fingerprint density at radius 3 is 2.28 bits per heavy atom. The lowest BCUT2D eigenvalue weighted by Crippen LogP contribution is -2.45. The van der Waals surface area contributed by atoms with Gasteiger partial charge < -0.3 is 10.2 Å². The van der Waals surface area contributed by atoms with Crippen molar-refractivity contribution in [2.75, 3.05) is 26.2 Å². The molecular formula is C12H19F3N2O. The van der Waals surface area contributed by atoms with Gasteiger partial charge >= 0.3 is 6.18 Å². The Morgan fingerprint density at radius 2 is 1.83 bits per heavy atom. The first kappa shape index (κ1) is 13.6. The highest BCUT2D eigenvalue weighted by Gasteiger charge is 2.43. The summed E-state index contributed by atoms with van der Waals surface area (Å²) in [6.45, 7) is 3.96. The minimum absolute atomic E-state index is 0.0214. The number of halogens is 3. The fraction of sp³-hybridized carbons (Fsp3) is 0.917. The SMILES string of the molecule is CC1CNCC1C(=O)N1CCC(C(F)(F)F)CC1. The van der Waals surface area contributed by atoms with Crippen LogP contribution >= 0.6 is 0 Å². The van der Waals surface area contributed by atoms with Crippen LogP contribution in [0.25, 0.3) is 0 Å². The van der Waals surface area contributed by atoms with Crippen molar-refractivity contribution in [3.8, 4) is 0 Å². The number of nitrogens with zero attached hydrogens (tertiary/aromatic N) is 1. The predicted octanol–water partition coefficient (Wildman–Crippen LogP) is 1.64. The third kappa shape index (κ3) is 2.79. The Labute approximate surface area is 105 Å². The van der Waals surface area contributed by atoms with Gasteiger partial charge in [-0.2, -0.15) is 13.2 Å². The number of rotatable bonds is 1. The molecule has 2 rings (SSSR count). The Hall–Kier alpha value is -0.780. The van der Waals surface area contributed by atoms with Gasteiger partial charge in [0.2, 0.25) is 5.91 Å². The average molecular weight is 264 g/mol. The molecule has 2 aliphatic heterocycles. The van der Waals surface area contributed by atoms with Crippen LogP contribution in [0.2, 0.25) is 0 Å². The topological polar surface area (TPSA) is 32.3 Å². The lowest BCUT2D eigenvalue weighted by atomic mass is 9.92. The largest absolute Gasteiger partial charge is 0.391 e. The standard InChI is InChI=1S/C12H19F3N2O/c1-8-6-16-7-10(8)11(18)17-4-2-9(3-5-17)12(13,14)15/h8-10,16H,2-7H2,1H3. The molecule has 6 heteroatoms. The van der Waals surface area contributed by atoms with Crippen LogP contribution in [0.4, 0.5) is 13.2 Å². The van der Waals surface area contributed by atoms with Crippen LogP contribution in [0.5, 0.6) is 0 Å². The van der Waals surface area contributed by atoms with Crippen molar-refractivity contribution in [3.05, 3.63) is 0 Å². The second-order valence-electron chi connectivity index (χ2n) is 5.38. The molecule has 3 nitrogen and oxygen atoms in total. The van der Waals surface area contributed by atoms with Crippen LogP contribution in [0.3, 0.4) is 0 Å². The maximum Gasteiger partial charge on any atom is 0.391 e. The van der Waals surface area contributed by atoms with E-state index in [1.165, 1.54) is 0 Å². The zero-order chi connectivity index (χ0) is 13.3. The molecule has 104 valence electrons. The summed E-state index contributed by atoms with van der Waals surface area (Å²) in [5, 5.41) is 3.15. The summed E-state index contributed by atoms with van der Waals surface area (Å²) in [7, 11) is 0. The van der Waals surface area contributed by atoms with Gasteiger partial charge in [-0.15, -0.1) is 0 Å². The number of alkyl halides is 3. The van der Waals surface area contributed by atoms with Crippen molar-refractivity contribution in [2.45, 2.75) is 25.9 Å². The summed E-state index contributed by atoms with van der Waals surface area (Å²) in [6.07, 6.45) is -4.02. The number of nitrogens with one attached hydrogen (secondary N) is 1. The van der Waals surface area contributed by atoms with Gasteiger partial charge in [-0.05, 0) is 25.3 Å². The fourth-order valence-electron chi connectivity index (χ4n) is 2.80. The number of carbonyl (C=O) groups excluding carboxylic acids is 1. The molecule has 2 saturated heterocycles. The van der Waals surface area contributed by atoms with Gasteiger partial charge in [-0.25, -0.2) is 0 Å². The van der Waals surface area contributed by atoms with E-state index in [2.05, 4.69) is 5.32 Å². The van der Waals surface area contributed by atoms with Gasteiger partial charge in [0, 0.05) is 19.6 Å². The van der Waals surface area contributed by atoms with Crippen LogP contribution in [0.1, 0.15) is 19.8 Å². The van der Waals surface area contributed by atoms with Gasteiger partial charge in [-0.3, -0.25) is 4.79 Å². The second-order valence-corrected chi connectivity index (χ2v) is 5.38. The van der Waals surface area contributed by atoms with E-state index in [9.17, 15) is 18.0 Å². The van der Waals surface area contributed by atoms with Crippen molar-refractivity contribution >= 4 is 5.91 Å². The summed E-state index contributed by atoms with van der Waals surface area (Å²) >= 11 is 0. The van der Waals surface area contributed by atoms with Crippen molar-refractivity contribution in [1.82, 2.24) is 10.2 Å². The molecule has 2 unspecified atom stereocenters.